The molecule has 1 aromatic rings. The van der Waals surface area contributed by atoms with Crippen molar-refractivity contribution in [1.82, 2.24) is 4.98 Å². The minimum Gasteiger partial charge on any atom is -0.495 e. The van der Waals surface area contributed by atoms with Gasteiger partial charge in [-0.25, -0.2) is 8.42 Å². The molecule has 0 spiro atoms. The Kier molecular flexibility index (Phi) is 2.63. The number of ether oxygens (including phenoxy) is 1. The van der Waals surface area contributed by atoms with Crippen LogP contribution in [0.2, 0.25) is 0 Å². The molecule has 2 rings (SSSR count). The fourth-order valence-corrected chi connectivity index (χ4v) is 3.73. The van der Waals surface area contributed by atoms with Crippen LogP contribution in [0.25, 0.3) is 0 Å². The molecule has 88 valence electrons. The SMILES string of the molecule is COc1cccnc1C1(O)CCS(=O)(=O)C1. The van der Waals surface area contributed by atoms with Crippen LogP contribution in [0.3, 0.4) is 0 Å². The summed E-state index contributed by atoms with van der Waals surface area (Å²) in [5.41, 5.74) is -1.11. The summed E-state index contributed by atoms with van der Waals surface area (Å²) in [6.07, 6.45) is 1.68. The molecule has 1 saturated heterocycles. The van der Waals surface area contributed by atoms with E-state index >= 15 is 0 Å². The monoisotopic (exact) mass is 243 g/mol. The molecule has 0 amide bonds. The number of methoxy groups -OCH3 is 1. The van der Waals surface area contributed by atoms with Crippen molar-refractivity contribution in [3.05, 3.63) is 24.0 Å². The van der Waals surface area contributed by atoms with Gasteiger partial charge in [-0.05, 0) is 18.6 Å². The van der Waals surface area contributed by atoms with Crippen LogP contribution >= 0.6 is 0 Å². The summed E-state index contributed by atoms with van der Waals surface area (Å²) in [7, 11) is -1.71. The second-order valence-corrected chi connectivity index (χ2v) is 6.11. The van der Waals surface area contributed by atoms with Crippen molar-refractivity contribution in [3.8, 4) is 5.75 Å². The highest BCUT2D eigenvalue weighted by atomic mass is 32.2. The Hall–Kier alpha value is -1.14. The zero-order chi connectivity index (χ0) is 11.8. The van der Waals surface area contributed by atoms with E-state index in [9.17, 15) is 13.5 Å². The quantitative estimate of drug-likeness (QED) is 0.797. The van der Waals surface area contributed by atoms with Crippen molar-refractivity contribution in [2.45, 2.75) is 12.0 Å². The first-order chi connectivity index (χ1) is 7.47. The lowest BCUT2D eigenvalue weighted by atomic mass is 9.98. The van der Waals surface area contributed by atoms with Gasteiger partial charge in [-0.1, -0.05) is 0 Å². The molecule has 1 aromatic heterocycles. The Morgan fingerprint density at radius 2 is 2.31 bits per heavy atom. The number of rotatable bonds is 2. The molecule has 16 heavy (non-hydrogen) atoms. The van der Waals surface area contributed by atoms with Gasteiger partial charge in [-0.2, -0.15) is 0 Å². The summed E-state index contributed by atoms with van der Waals surface area (Å²) in [6, 6.07) is 3.33. The Bertz CT molecular complexity index is 499. The Morgan fingerprint density at radius 3 is 2.88 bits per heavy atom. The maximum absolute atomic E-state index is 11.4. The lowest BCUT2D eigenvalue weighted by Crippen LogP contribution is -2.28. The van der Waals surface area contributed by atoms with E-state index in [1.807, 2.05) is 0 Å². The average Bonchev–Trinajstić information content (AvgIpc) is 2.54. The highest BCUT2D eigenvalue weighted by Crippen LogP contribution is 2.36. The van der Waals surface area contributed by atoms with Crippen molar-refractivity contribution >= 4 is 9.84 Å². The first kappa shape index (κ1) is 11.3. The van der Waals surface area contributed by atoms with Crippen LogP contribution in [0.1, 0.15) is 12.1 Å². The Balaban J connectivity index is 2.45. The molecule has 0 saturated carbocycles. The summed E-state index contributed by atoms with van der Waals surface area (Å²) >= 11 is 0. The molecule has 1 aliphatic rings. The highest BCUT2D eigenvalue weighted by molar-refractivity contribution is 7.91. The number of hydrogen-bond donors (Lipinski definition) is 1. The summed E-state index contributed by atoms with van der Waals surface area (Å²) < 4.78 is 27.9. The van der Waals surface area contributed by atoms with Crippen molar-refractivity contribution in [2.75, 3.05) is 18.6 Å². The van der Waals surface area contributed by atoms with Gasteiger partial charge < -0.3 is 9.84 Å². The lowest BCUT2D eigenvalue weighted by molar-refractivity contribution is 0.0577. The predicted octanol–water partition coefficient (Wildman–Crippen LogP) is 0.0963. The van der Waals surface area contributed by atoms with E-state index in [1.54, 1.807) is 12.1 Å². The number of aliphatic hydroxyl groups is 1. The van der Waals surface area contributed by atoms with E-state index in [0.29, 0.717) is 11.4 Å². The maximum atomic E-state index is 11.4. The fraction of sp³-hybridized carbons (Fsp3) is 0.500. The number of aromatic nitrogens is 1. The average molecular weight is 243 g/mol. The molecule has 6 heteroatoms. The van der Waals surface area contributed by atoms with Gasteiger partial charge in [0.05, 0.1) is 18.6 Å². The third-order valence-electron chi connectivity index (χ3n) is 2.72. The van der Waals surface area contributed by atoms with Crippen molar-refractivity contribution in [3.63, 3.8) is 0 Å². The topological polar surface area (TPSA) is 76.5 Å². The highest BCUT2D eigenvalue weighted by Gasteiger charge is 2.44. The van der Waals surface area contributed by atoms with Crippen LogP contribution in [0, 0.1) is 0 Å². The van der Waals surface area contributed by atoms with Gasteiger partial charge in [0.25, 0.3) is 0 Å². The second kappa shape index (κ2) is 3.71. The Morgan fingerprint density at radius 1 is 1.56 bits per heavy atom. The maximum Gasteiger partial charge on any atom is 0.153 e. The van der Waals surface area contributed by atoms with Crippen LogP contribution in [-0.2, 0) is 15.4 Å². The van der Waals surface area contributed by atoms with Crippen LogP contribution in [-0.4, -0.2) is 37.1 Å². The number of nitrogens with zero attached hydrogens (tertiary/aromatic N) is 1. The summed E-state index contributed by atoms with van der Waals surface area (Å²) in [5.74, 6) is 0.124. The zero-order valence-electron chi connectivity index (χ0n) is 8.88. The molecule has 1 atom stereocenters. The minimum atomic E-state index is -3.17. The molecule has 0 aromatic carbocycles. The molecule has 1 aliphatic heterocycles. The smallest absolute Gasteiger partial charge is 0.153 e. The molecule has 0 aliphatic carbocycles. The van der Waals surface area contributed by atoms with Gasteiger partial charge in [0.2, 0.25) is 0 Å². The van der Waals surface area contributed by atoms with Crippen molar-refractivity contribution in [1.29, 1.82) is 0 Å². The molecule has 0 radical (unpaired) electrons. The summed E-state index contributed by atoms with van der Waals surface area (Å²) in [4.78, 5) is 4.03. The molecule has 5 nitrogen and oxygen atoms in total. The third-order valence-corrected chi connectivity index (χ3v) is 4.46. The van der Waals surface area contributed by atoms with Crippen LogP contribution < -0.4 is 4.74 Å². The van der Waals surface area contributed by atoms with Gasteiger partial charge in [0, 0.05) is 6.20 Å². The molecule has 2 heterocycles. The van der Waals surface area contributed by atoms with Crippen LogP contribution in [0.15, 0.2) is 18.3 Å². The predicted molar refractivity (Wildman–Crippen MR) is 58.0 cm³/mol. The van der Waals surface area contributed by atoms with E-state index in [0.717, 1.165) is 0 Å². The van der Waals surface area contributed by atoms with Gasteiger partial charge in [-0.15, -0.1) is 0 Å². The van der Waals surface area contributed by atoms with E-state index in [-0.39, 0.29) is 17.9 Å². The van der Waals surface area contributed by atoms with E-state index < -0.39 is 15.4 Å². The standard InChI is InChI=1S/C10H13NO4S/c1-15-8-3-2-5-11-9(8)10(12)4-6-16(13,14)7-10/h2-3,5,12H,4,6-7H2,1H3. The third kappa shape index (κ3) is 1.90. The van der Waals surface area contributed by atoms with Gasteiger partial charge in [0.15, 0.2) is 9.84 Å². The van der Waals surface area contributed by atoms with Gasteiger partial charge in [0.1, 0.15) is 17.0 Å². The minimum absolute atomic E-state index is 0.0107. The lowest BCUT2D eigenvalue weighted by Gasteiger charge is -2.21. The van der Waals surface area contributed by atoms with Gasteiger partial charge in [-0.3, -0.25) is 4.98 Å². The summed E-state index contributed by atoms with van der Waals surface area (Å²) in [5, 5.41) is 10.3. The van der Waals surface area contributed by atoms with Gasteiger partial charge >= 0.3 is 0 Å². The molecular weight excluding hydrogens is 230 g/mol. The fourth-order valence-electron chi connectivity index (χ4n) is 1.92. The van der Waals surface area contributed by atoms with E-state index in [1.165, 1.54) is 13.3 Å². The molecule has 1 N–H and O–H groups in total. The molecule has 0 bridgehead atoms. The van der Waals surface area contributed by atoms with E-state index in [2.05, 4.69) is 4.98 Å². The van der Waals surface area contributed by atoms with Crippen molar-refractivity contribution < 1.29 is 18.3 Å². The molecular formula is C10H13NO4S. The zero-order valence-corrected chi connectivity index (χ0v) is 9.70. The largest absolute Gasteiger partial charge is 0.495 e. The van der Waals surface area contributed by atoms with E-state index in [4.69, 9.17) is 4.74 Å². The first-order valence-electron chi connectivity index (χ1n) is 4.89. The number of hydrogen-bond acceptors (Lipinski definition) is 5. The normalized spacial score (nSPS) is 27.9. The number of sulfone groups is 1. The summed E-state index contributed by atoms with van der Waals surface area (Å²) in [6.45, 7) is 0. The molecule has 1 fully saturated rings. The van der Waals surface area contributed by atoms with Crippen LogP contribution in [0.5, 0.6) is 5.75 Å². The van der Waals surface area contributed by atoms with Crippen molar-refractivity contribution in [2.24, 2.45) is 0 Å². The first-order valence-corrected chi connectivity index (χ1v) is 6.71. The molecule has 1 unspecified atom stereocenters. The van der Waals surface area contributed by atoms with Crippen LogP contribution in [0.4, 0.5) is 0 Å². The number of pyridine rings is 1. The second-order valence-electron chi connectivity index (χ2n) is 3.93. The Labute approximate surface area is 94.0 Å².